The summed E-state index contributed by atoms with van der Waals surface area (Å²) < 4.78 is 0. The summed E-state index contributed by atoms with van der Waals surface area (Å²) in [6.07, 6.45) is 4.92. The van der Waals surface area contributed by atoms with Crippen molar-refractivity contribution >= 4 is 16.6 Å². The average molecular weight is 391 g/mol. The van der Waals surface area contributed by atoms with Crippen LogP contribution in [0.15, 0.2) is 84.9 Å². The van der Waals surface area contributed by atoms with Gasteiger partial charge < -0.3 is 0 Å². The van der Waals surface area contributed by atoms with Crippen LogP contribution in [-0.4, -0.2) is 5.78 Å². The molecule has 0 saturated heterocycles. The number of unbranched alkanes of at least 4 members (excludes halogenated alkanes) is 2. The lowest BCUT2D eigenvalue weighted by Gasteiger charge is -2.13. The van der Waals surface area contributed by atoms with Crippen molar-refractivity contribution < 1.29 is 4.79 Å². The van der Waals surface area contributed by atoms with Crippen molar-refractivity contribution in [2.45, 2.75) is 38.5 Å². The highest BCUT2D eigenvalue weighted by Gasteiger charge is 2.28. The topological polar surface area (TPSA) is 17.1 Å². The summed E-state index contributed by atoms with van der Waals surface area (Å²) in [6, 6.07) is 29.2. The van der Waals surface area contributed by atoms with Crippen LogP contribution in [0.5, 0.6) is 0 Å². The summed E-state index contributed by atoms with van der Waals surface area (Å²) >= 11 is 0. The van der Waals surface area contributed by atoms with Gasteiger partial charge in [-0.05, 0) is 45.5 Å². The highest BCUT2D eigenvalue weighted by Crippen LogP contribution is 2.47. The molecule has 0 fully saturated rings. The molecule has 1 heteroatoms. The van der Waals surface area contributed by atoms with E-state index in [1.54, 1.807) is 0 Å². The Hall–Kier alpha value is -3.19. The third-order valence-corrected chi connectivity index (χ3v) is 6.45. The van der Waals surface area contributed by atoms with Crippen molar-refractivity contribution in [2.24, 2.45) is 0 Å². The summed E-state index contributed by atoms with van der Waals surface area (Å²) in [4.78, 5) is 13.5. The van der Waals surface area contributed by atoms with E-state index in [1.807, 2.05) is 36.4 Å². The maximum Gasteiger partial charge on any atom is 0.193 e. The van der Waals surface area contributed by atoms with E-state index in [4.69, 9.17) is 0 Å². The minimum atomic E-state index is 0.0986. The van der Waals surface area contributed by atoms with Crippen LogP contribution in [-0.2, 0) is 0 Å². The van der Waals surface area contributed by atoms with Crippen molar-refractivity contribution in [1.82, 2.24) is 0 Å². The van der Waals surface area contributed by atoms with Crippen LogP contribution in [0.2, 0.25) is 0 Å². The standard InChI is InChI=1S/C29H26O/c1-2-3-4-13-24-23-14-7-8-15-25(23)28-19-21(17-18-26(24)28)29(30)27-16-9-11-20-10-5-6-12-22(20)27/h5-12,14-19,24H,2-4,13H2,1H3. The number of carbonyl (C=O) groups is 1. The molecule has 1 aliphatic rings. The molecular formula is C29H26O. The molecule has 0 saturated carbocycles. The second-order valence-electron chi connectivity index (χ2n) is 8.29. The fourth-order valence-corrected chi connectivity index (χ4v) is 4.94. The van der Waals surface area contributed by atoms with Crippen LogP contribution in [0.1, 0.15) is 65.6 Å². The maximum atomic E-state index is 13.5. The van der Waals surface area contributed by atoms with Gasteiger partial charge in [0.15, 0.2) is 5.78 Å². The van der Waals surface area contributed by atoms with Crippen molar-refractivity contribution in [1.29, 1.82) is 0 Å². The molecule has 0 heterocycles. The Balaban J connectivity index is 1.57. The van der Waals surface area contributed by atoms with Crippen molar-refractivity contribution in [3.05, 3.63) is 107 Å². The van der Waals surface area contributed by atoms with Crippen LogP contribution in [0.25, 0.3) is 21.9 Å². The molecule has 0 N–H and O–H groups in total. The molecule has 0 spiro atoms. The number of rotatable bonds is 6. The van der Waals surface area contributed by atoms with Crippen LogP contribution < -0.4 is 0 Å². The number of ketones is 1. The van der Waals surface area contributed by atoms with Crippen molar-refractivity contribution in [2.75, 3.05) is 0 Å². The first kappa shape index (κ1) is 18.8. The average Bonchev–Trinajstić information content (AvgIpc) is 3.11. The van der Waals surface area contributed by atoms with Crippen molar-refractivity contribution in [3.63, 3.8) is 0 Å². The zero-order valence-corrected chi connectivity index (χ0v) is 17.4. The third kappa shape index (κ3) is 3.15. The first-order chi connectivity index (χ1) is 14.8. The second-order valence-corrected chi connectivity index (χ2v) is 8.29. The minimum absolute atomic E-state index is 0.0986. The monoisotopic (exact) mass is 390 g/mol. The Kier molecular flexibility index (Phi) is 4.96. The summed E-state index contributed by atoms with van der Waals surface area (Å²) in [6.45, 7) is 2.25. The zero-order chi connectivity index (χ0) is 20.5. The summed E-state index contributed by atoms with van der Waals surface area (Å²) in [5.74, 6) is 0.547. The Morgan fingerprint density at radius 1 is 0.767 bits per heavy atom. The van der Waals surface area contributed by atoms with E-state index < -0.39 is 0 Å². The lowest BCUT2D eigenvalue weighted by Crippen LogP contribution is -2.03. The molecule has 0 bridgehead atoms. The summed E-state index contributed by atoms with van der Waals surface area (Å²) in [5.41, 5.74) is 6.87. The minimum Gasteiger partial charge on any atom is -0.289 e. The van der Waals surface area contributed by atoms with E-state index in [-0.39, 0.29) is 5.78 Å². The summed E-state index contributed by atoms with van der Waals surface area (Å²) in [5, 5.41) is 2.12. The van der Waals surface area contributed by atoms with Gasteiger partial charge in [0.25, 0.3) is 0 Å². The number of fused-ring (bicyclic) bond motifs is 4. The third-order valence-electron chi connectivity index (χ3n) is 6.45. The predicted molar refractivity (Wildman–Crippen MR) is 125 cm³/mol. The normalized spacial score (nSPS) is 14.5. The molecule has 0 radical (unpaired) electrons. The molecular weight excluding hydrogens is 364 g/mol. The molecule has 4 aromatic carbocycles. The maximum absolute atomic E-state index is 13.5. The number of hydrogen-bond acceptors (Lipinski definition) is 1. The largest absolute Gasteiger partial charge is 0.289 e. The Morgan fingerprint density at radius 3 is 2.43 bits per heavy atom. The van der Waals surface area contributed by atoms with Crippen LogP contribution in [0, 0.1) is 0 Å². The molecule has 1 aliphatic carbocycles. The molecule has 5 rings (SSSR count). The van der Waals surface area contributed by atoms with Gasteiger partial charge >= 0.3 is 0 Å². The van der Waals surface area contributed by atoms with Crippen LogP contribution in [0.3, 0.4) is 0 Å². The Morgan fingerprint density at radius 2 is 1.53 bits per heavy atom. The fraction of sp³-hybridized carbons (Fsp3) is 0.207. The quantitative estimate of drug-likeness (QED) is 0.243. The highest BCUT2D eigenvalue weighted by atomic mass is 16.1. The van der Waals surface area contributed by atoms with Gasteiger partial charge in [0, 0.05) is 17.0 Å². The SMILES string of the molecule is CCCCCC1c2ccccc2-c2cc(C(=O)c3cccc4ccccc34)ccc21. The lowest BCUT2D eigenvalue weighted by molar-refractivity contribution is 0.104. The number of hydrogen-bond donors (Lipinski definition) is 0. The van der Waals surface area contributed by atoms with Crippen LogP contribution in [0.4, 0.5) is 0 Å². The van der Waals surface area contributed by atoms with E-state index in [0.717, 1.165) is 21.9 Å². The molecule has 4 aromatic rings. The van der Waals surface area contributed by atoms with E-state index >= 15 is 0 Å². The molecule has 1 nitrogen and oxygen atoms in total. The van der Waals surface area contributed by atoms with Gasteiger partial charge in [0.1, 0.15) is 0 Å². The van der Waals surface area contributed by atoms with Crippen molar-refractivity contribution in [3.8, 4) is 11.1 Å². The zero-order valence-electron chi connectivity index (χ0n) is 17.4. The predicted octanol–water partition coefficient (Wildman–Crippen LogP) is 7.76. The molecule has 148 valence electrons. The van der Waals surface area contributed by atoms with Crippen LogP contribution >= 0.6 is 0 Å². The van der Waals surface area contributed by atoms with Gasteiger partial charge in [-0.25, -0.2) is 0 Å². The first-order valence-corrected chi connectivity index (χ1v) is 11.0. The molecule has 1 unspecified atom stereocenters. The van der Waals surface area contributed by atoms with Gasteiger partial charge in [-0.1, -0.05) is 105 Å². The lowest BCUT2D eigenvalue weighted by atomic mass is 9.90. The molecule has 0 aromatic heterocycles. The highest BCUT2D eigenvalue weighted by molar-refractivity contribution is 6.16. The van der Waals surface area contributed by atoms with Gasteiger partial charge in [-0.2, -0.15) is 0 Å². The fourth-order valence-electron chi connectivity index (χ4n) is 4.94. The van der Waals surface area contributed by atoms with Gasteiger partial charge in [-0.3, -0.25) is 4.79 Å². The van der Waals surface area contributed by atoms with Gasteiger partial charge in [0.2, 0.25) is 0 Å². The van der Waals surface area contributed by atoms with E-state index in [1.165, 1.54) is 47.9 Å². The molecule has 30 heavy (non-hydrogen) atoms. The second kappa shape index (κ2) is 7.91. The number of benzene rings is 4. The molecule has 0 amide bonds. The first-order valence-electron chi connectivity index (χ1n) is 11.0. The Bertz CT molecular complexity index is 1230. The van der Waals surface area contributed by atoms with Gasteiger partial charge in [-0.15, -0.1) is 0 Å². The van der Waals surface area contributed by atoms with E-state index in [9.17, 15) is 4.79 Å². The smallest absolute Gasteiger partial charge is 0.193 e. The number of carbonyl (C=O) groups excluding carboxylic acids is 1. The molecule has 0 aliphatic heterocycles. The Labute approximate surface area is 178 Å². The van der Waals surface area contributed by atoms with Gasteiger partial charge in [0.05, 0.1) is 0 Å². The van der Waals surface area contributed by atoms with E-state index in [0.29, 0.717) is 5.92 Å². The molecule has 1 atom stereocenters. The summed E-state index contributed by atoms with van der Waals surface area (Å²) in [7, 11) is 0. The van der Waals surface area contributed by atoms with E-state index in [2.05, 4.69) is 55.5 Å².